The van der Waals surface area contributed by atoms with Crippen LogP contribution in [0.5, 0.6) is 5.88 Å². The molecule has 6 nitrogen and oxygen atoms in total. The first-order chi connectivity index (χ1) is 9.49. The molecule has 6 heteroatoms. The summed E-state index contributed by atoms with van der Waals surface area (Å²) in [6.45, 7) is 8.43. The first-order valence-corrected chi connectivity index (χ1v) is 7.14. The Kier molecular flexibility index (Phi) is 4.67. The zero-order chi connectivity index (χ0) is 14.9. The van der Waals surface area contributed by atoms with Gasteiger partial charge in [-0.15, -0.1) is 0 Å². The molecule has 0 aliphatic carbocycles. The van der Waals surface area contributed by atoms with E-state index in [9.17, 15) is 0 Å². The van der Waals surface area contributed by atoms with Gasteiger partial charge in [0.25, 0.3) is 0 Å². The molecule has 0 bridgehead atoms. The third-order valence-corrected chi connectivity index (χ3v) is 4.02. The van der Waals surface area contributed by atoms with Crippen molar-refractivity contribution in [2.45, 2.75) is 39.0 Å². The van der Waals surface area contributed by atoms with Crippen LogP contribution < -0.4 is 10.5 Å². The van der Waals surface area contributed by atoms with E-state index in [0.29, 0.717) is 12.6 Å². The van der Waals surface area contributed by atoms with Crippen molar-refractivity contribution in [3.8, 4) is 5.88 Å². The fraction of sp³-hybridized carbons (Fsp3) is 0.786. The summed E-state index contributed by atoms with van der Waals surface area (Å²) in [5.41, 5.74) is 8.14. The Labute approximate surface area is 120 Å². The average molecular weight is 282 g/mol. The van der Waals surface area contributed by atoms with E-state index in [1.807, 2.05) is 14.0 Å². The van der Waals surface area contributed by atoms with Gasteiger partial charge in [-0.2, -0.15) is 5.10 Å². The highest BCUT2D eigenvalue weighted by atomic mass is 16.5. The molecular formula is C14H26N4O2. The second-order valence-corrected chi connectivity index (χ2v) is 5.57. The molecule has 1 fully saturated rings. The minimum Gasteiger partial charge on any atom is -0.481 e. The van der Waals surface area contributed by atoms with Crippen LogP contribution in [0, 0.1) is 6.92 Å². The van der Waals surface area contributed by atoms with Gasteiger partial charge in [0.1, 0.15) is 0 Å². The van der Waals surface area contributed by atoms with Crippen LogP contribution in [-0.2, 0) is 11.8 Å². The lowest BCUT2D eigenvalue weighted by Gasteiger charge is -2.41. The molecule has 1 aromatic heterocycles. The van der Waals surface area contributed by atoms with Gasteiger partial charge in [0, 0.05) is 26.2 Å². The molecule has 3 atom stereocenters. The quantitative estimate of drug-likeness (QED) is 0.887. The fourth-order valence-corrected chi connectivity index (χ4v) is 3.06. The average Bonchev–Trinajstić information content (AvgIpc) is 2.69. The number of nitrogens with zero attached hydrogens (tertiary/aromatic N) is 3. The molecular weight excluding hydrogens is 256 g/mol. The van der Waals surface area contributed by atoms with Gasteiger partial charge in [-0.3, -0.25) is 4.90 Å². The van der Waals surface area contributed by atoms with Gasteiger partial charge in [0.2, 0.25) is 5.88 Å². The normalized spacial score (nSPS) is 25.7. The molecule has 1 aliphatic heterocycles. The standard InChI is InChI=1S/C14H26N4O2/c1-9-8-20-10(2)7-18(9)12(6-15)13-11(3)16-17(4)14(13)19-5/h9-10,12H,6-8,15H2,1-5H3. The molecule has 0 radical (unpaired) electrons. The topological polar surface area (TPSA) is 65.5 Å². The largest absolute Gasteiger partial charge is 0.481 e. The number of methoxy groups -OCH3 is 1. The molecule has 114 valence electrons. The summed E-state index contributed by atoms with van der Waals surface area (Å²) in [5, 5.41) is 4.47. The predicted octanol–water partition coefficient (Wildman–Crippen LogP) is 0.846. The van der Waals surface area contributed by atoms with Crippen LogP contribution in [0.3, 0.4) is 0 Å². The Morgan fingerprint density at radius 2 is 2.20 bits per heavy atom. The summed E-state index contributed by atoms with van der Waals surface area (Å²) < 4.78 is 13.0. The first kappa shape index (κ1) is 15.3. The van der Waals surface area contributed by atoms with Crippen LogP contribution in [0.25, 0.3) is 0 Å². The summed E-state index contributed by atoms with van der Waals surface area (Å²) in [5.74, 6) is 0.796. The lowest BCUT2D eigenvalue weighted by Crippen LogP contribution is -2.50. The molecule has 0 aromatic carbocycles. The van der Waals surface area contributed by atoms with E-state index in [-0.39, 0.29) is 12.1 Å². The van der Waals surface area contributed by atoms with Gasteiger partial charge < -0.3 is 15.2 Å². The molecule has 2 rings (SSSR count). The maximum absolute atomic E-state index is 6.07. The Hall–Kier alpha value is -1.11. The highest BCUT2D eigenvalue weighted by molar-refractivity contribution is 5.34. The number of ether oxygens (including phenoxy) is 2. The molecule has 1 saturated heterocycles. The molecule has 0 amide bonds. The van der Waals surface area contributed by atoms with Crippen LogP contribution in [-0.4, -0.2) is 53.6 Å². The molecule has 3 unspecified atom stereocenters. The van der Waals surface area contributed by atoms with Crippen molar-refractivity contribution in [2.75, 3.05) is 26.8 Å². The van der Waals surface area contributed by atoms with E-state index in [1.165, 1.54) is 0 Å². The lowest BCUT2D eigenvalue weighted by molar-refractivity contribution is -0.0657. The summed E-state index contributed by atoms with van der Waals surface area (Å²) in [7, 11) is 3.58. The third-order valence-electron chi connectivity index (χ3n) is 4.02. The minimum absolute atomic E-state index is 0.111. The fourth-order valence-electron chi connectivity index (χ4n) is 3.06. The molecule has 1 aliphatic rings. The second-order valence-electron chi connectivity index (χ2n) is 5.57. The van der Waals surface area contributed by atoms with Crippen LogP contribution >= 0.6 is 0 Å². The summed E-state index contributed by atoms with van der Waals surface area (Å²) in [6.07, 6.45) is 0.225. The van der Waals surface area contributed by atoms with E-state index in [2.05, 4.69) is 23.8 Å². The van der Waals surface area contributed by atoms with Crippen molar-refractivity contribution in [2.24, 2.45) is 12.8 Å². The Morgan fingerprint density at radius 3 is 2.80 bits per heavy atom. The number of nitrogens with two attached hydrogens (primary N) is 1. The van der Waals surface area contributed by atoms with Crippen molar-refractivity contribution < 1.29 is 9.47 Å². The second kappa shape index (κ2) is 6.11. The number of morpholine rings is 1. The number of aromatic nitrogens is 2. The number of aryl methyl sites for hydroxylation is 2. The SMILES string of the molecule is COc1c(C(CN)N2CC(C)OCC2C)c(C)nn1C. The molecule has 2 N–H and O–H groups in total. The highest BCUT2D eigenvalue weighted by Crippen LogP contribution is 2.33. The Morgan fingerprint density at radius 1 is 1.50 bits per heavy atom. The van der Waals surface area contributed by atoms with Gasteiger partial charge in [-0.25, -0.2) is 4.68 Å². The number of rotatable bonds is 4. The number of hydrogen-bond donors (Lipinski definition) is 1. The first-order valence-electron chi connectivity index (χ1n) is 7.14. The van der Waals surface area contributed by atoms with E-state index in [1.54, 1.807) is 11.8 Å². The van der Waals surface area contributed by atoms with Crippen molar-refractivity contribution in [3.63, 3.8) is 0 Å². The maximum atomic E-state index is 6.07. The molecule has 2 heterocycles. The zero-order valence-corrected chi connectivity index (χ0v) is 13.1. The highest BCUT2D eigenvalue weighted by Gasteiger charge is 2.33. The van der Waals surface area contributed by atoms with Crippen LogP contribution in [0.2, 0.25) is 0 Å². The van der Waals surface area contributed by atoms with Crippen molar-refractivity contribution in [1.29, 1.82) is 0 Å². The number of hydrogen-bond acceptors (Lipinski definition) is 5. The van der Waals surface area contributed by atoms with Gasteiger partial charge in [0.15, 0.2) is 0 Å². The van der Waals surface area contributed by atoms with Gasteiger partial charge >= 0.3 is 0 Å². The third kappa shape index (κ3) is 2.68. The van der Waals surface area contributed by atoms with Crippen LogP contribution in [0.1, 0.15) is 31.1 Å². The van der Waals surface area contributed by atoms with E-state index >= 15 is 0 Å². The lowest BCUT2D eigenvalue weighted by atomic mass is 10.0. The molecule has 0 saturated carbocycles. The summed E-state index contributed by atoms with van der Waals surface area (Å²) in [6, 6.07) is 0.448. The minimum atomic E-state index is 0.111. The van der Waals surface area contributed by atoms with Crippen LogP contribution in [0.4, 0.5) is 0 Å². The van der Waals surface area contributed by atoms with Crippen LogP contribution in [0.15, 0.2) is 0 Å². The van der Waals surface area contributed by atoms with Crippen molar-refractivity contribution >= 4 is 0 Å². The predicted molar refractivity (Wildman–Crippen MR) is 77.9 cm³/mol. The summed E-state index contributed by atoms with van der Waals surface area (Å²) >= 11 is 0. The van der Waals surface area contributed by atoms with Gasteiger partial charge in [-0.05, 0) is 20.8 Å². The van der Waals surface area contributed by atoms with Crippen molar-refractivity contribution in [1.82, 2.24) is 14.7 Å². The molecule has 0 spiro atoms. The summed E-state index contributed by atoms with van der Waals surface area (Å²) in [4.78, 5) is 2.40. The van der Waals surface area contributed by atoms with Crippen molar-refractivity contribution in [3.05, 3.63) is 11.3 Å². The monoisotopic (exact) mass is 282 g/mol. The maximum Gasteiger partial charge on any atom is 0.216 e. The molecule has 20 heavy (non-hydrogen) atoms. The Balaban J connectivity index is 2.36. The van der Waals surface area contributed by atoms with E-state index in [0.717, 1.165) is 30.3 Å². The van der Waals surface area contributed by atoms with E-state index < -0.39 is 0 Å². The smallest absolute Gasteiger partial charge is 0.216 e. The van der Waals surface area contributed by atoms with E-state index in [4.69, 9.17) is 15.2 Å². The Bertz CT molecular complexity index is 460. The van der Waals surface area contributed by atoms with Gasteiger partial charge in [-0.1, -0.05) is 0 Å². The molecule has 1 aromatic rings. The zero-order valence-electron chi connectivity index (χ0n) is 13.1. The van der Waals surface area contributed by atoms with Gasteiger partial charge in [0.05, 0.1) is 37.1 Å².